The Labute approximate surface area is 88.9 Å². The Hall–Kier alpha value is -1.42. The van der Waals surface area contributed by atoms with Crippen molar-refractivity contribution in [1.29, 1.82) is 0 Å². The van der Waals surface area contributed by atoms with Crippen LogP contribution in [0.1, 0.15) is 32.1 Å². The third-order valence-corrected chi connectivity index (χ3v) is 2.08. The number of aliphatic hydroxyl groups is 1. The molecule has 0 radical (unpaired) electrons. The highest BCUT2D eigenvalue weighted by molar-refractivity contribution is 5.75. The Balaban J connectivity index is 2.61. The van der Waals surface area contributed by atoms with Crippen molar-refractivity contribution in [3.8, 4) is 0 Å². The minimum atomic E-state index is -1.29. The maximum atomic E-state index is 11.4. The first-order valence-corrected chi connectivity index (χ1v) is 4.94. The molecular weight excluding hydrogens is 194 g/mol. The van der Waals surface area contributed by atoms with Crippen molar-refractivity contribution < 1.29 is 14.6 Å². The summed E-state index contributed by atoms with van der Waals surface area (Å²) in [5.41, 5.74) is 0.311. The van der Waals surface area contributed by atoms with Gasteiger partial charge < -0.3 is 9.84 Å². The number of aliphatic hydroxyl groups excluding tert-OH is 1. The highest BCUT2D eigenvalue weighted by atomic mass is 16.6. The molecule has 0 aliphatic heterocycles. The van der Waals surface area contributed by atoms with Crippen LogP contribution in [0.15, 0.2) is 24.4 Å². The average Bonchev–Trinajstić information content (AvgIpc) is 2.29. The predicted octanol–water partition coefficient (Wildman–Crippen LogP) is 1.46. The molecule has 2 atom stereocenters. The number of ether oxygens (including phenoxy) is 1. The molecule has 1 aromatic heterocycles. The minimum Gasteiger partial charge on any atom is -0.460 e. The number of esters is 1. The molecule has 0 spiro atoms. The lowest BCUT2D eigenvalue weighted by atomic mass is 10.2. The Kier molecular flexibility index (Phi) is 4.24. The van der Waals surface area contributed by atoms with E-state index in [0.717, 1.165) is 6.42 Å². The first-order chi connectivity index (χ1) is 7.15. The van der Waals surface area contributed by atoms with E-state index in [1.54, 1.807) is 25.1 Å². The molecule has 0 amide bonds. The molecule has 0 fully saturated rings. The van der Waals surface area contributed by atoms with Gasteiger partial charge >= 0.3 is 5.97 Å². The van der Waals surface area contributed by atoms with Crippen molar-refractivity contribution in [2.75, 3.05) is 0 Å². The van der Waals surface area contributed by atoms with Crippen LogP contribution in [0.3, 0.4) is 0 Å². The molecule has 0 bridgehead atoms. The van der Waals surface area contributed by atoms with Crippen molar-refractivity contribution in [3.63, 3.8) is 0 Å². The molecule has 0 aliphatic rings. The summed E-state index contributed by atoms with van der Waals surface area (Å²) >= 11 is 0. The standard InChI is InChI=1S/C11H15NO3/c1-3-8(2)15-11(14)10(13)9-6-4-5-7-12-9/h4-8,10,13H,3H2,1-2H3. The maximum Gasteiger partial charge on any atom is 0.341 e. The Bertz CT molecular complexity index is 313. The summed E-state index contributed by atoms with van der Waals surface area (Å²) in [4.78, 5) is 15.3. The lowest BCUT2D eigenvalue weighted by Crippen LogP contribution is -2.21. The maximum absolute atomic E-state index is 11.4. The SMILES string of the molecule is CCC(C)OC(=O)C(O)c1ccccn1. The largest absolute Gasteiger partial charge is 0.460 e. The minimum absolute atomic E-state index is 0.184. The molecule has 0 saturated carbocycles. The number of hydrogen-bond acceptors (Lipinski definition) is 4. The van der Waals surface area contributed by atoms with Crippen LogP contribution in [0.4, 0.5) is 0 Å². The smallest absolute Gasteiger partial charge is 0.341 e. The number of pyridine rings is 1. The van der Waals surface area contributed by atoms with Gasteiger partial charge in [0.15, 0.2) is 6.10 Å². The topological polar surface area (TPSA) is 59.4 Å². The molecule has 2 unspecified atom stereocenters. The van der Waals surface area contributed by atoms with E-state index in [4.69, 9.17) is 4.74 Å². The highest BCUT2D eigenvalue weighted by Gasteiger charge is 2.21. The zero-order valence-corrected chi connectivity index (χ0v) is 8.88. The second kappa shape index (κ2) is 5.46. The zero-order valence-electron chi connectivity index (χ0n) is 8.88. The van der Waals surface area contributed by atoms with Gasteiger partial charge in [-0.3, -0.25) is 4.98 Å². The van der Waals surface area contributed by atoms with Crippen molar-refractivity contribution in [2.45, 2.75) is 32.5 Å². The lowest BCUT2D eigenvalue weighted by Gasteiger charge is -2.14. The van der Waals surface area contributed by atoms with E-state index >= 15 is 0 Å². The van der Waals surface area contributed by atoms with E-state index < -0.39 is 12.1 Å². The molecule has 15 heavy (non-hydrogen) atoms. The molecule has 0 aliphatic carbocycles. The summed E-state index contributed by atoms with van der Waals surface area (Å²) in [7, 11) is 0. The molecule has 4 nitrogen and oxygen atoms in total. The fraction of sp³-hybridized carbons (Fsp3) is 0.455. The molecule has 1 N–H and O–H groups in total. The van der Waals surface area contributed by atoms with E-state index in [9.17, 15) is 9.90 Å². The van der Waals surface area contributed by atoms with Crippen molar-refractivity contribution in [1.82, 2.24) is 4.98 Å². The Morgan fingerprint density at radius 3 is 2.87 bits per heavy atom. The molecular formula is C11H15NO3. The molecule has 1 heterocycles. The molecule has 1 aromatic rings. The molecule has 82 valence electrons. The van der Waals surface area contributed by atoms with Crippen LogP contribution >= 0.6 is 0 Å². The summed E-state index contributed by atoms with van der Waals surface area (Å²) < 4.78 is 4.99. The van der Waals surface area contributed by atoms with Crippen LogP contribution in [-0.2, 0) is 9.53 Å². The number of aromatic nitrogens is 1. The van der Waals surface area contributed by atoms with Gasteiger partial charge in [0.05, 0.1) is 11.8 Å². The van der Waals surface area contributed by atoms with Gasteiger partial charge in [0.2, 0.25) is 0 Å². The second-order valence-corrected chi connectivity index (χ2v) is 3.31. The zero-order chi connectivity index (χ0) is 11.3. The summed E-state index contributed by atoms with van der Waals surface area (Å²) in [5, 5.41) is 9.60. The third-order valence-electron chi connectivity index (χ3n) is 2.08. The first-order valence-electron chi connectivity index (χ1n) is 4.94. The highest BCUT2D eigenvalue weighted by Crippen LogP contribution is 2.12. The van der Waals surface area contributed by atoms with Gasteiger partial charge in [0, 0.05) is 6.20 Å². The van der Waals surface area contributed by atoms with Gasteiger partial charge in [-0.2, -0.15) is 0 Å². The summed E-state index contributed by atoms with van der Waals surface area (Å²) in [5.74, 6) is -0.650. The second-order valence-electron chi connectivity index (χ2n) is 3.31. The van der Waals surface area contributed by atoms with Gasteiger partial charge in [-0.1, -0.05) is 13.0 Å². The summed E-state index contributed by atoms with van der Waals surface area (Å²) in [6.07, 6.45) is 0.770. The molecule has 4 heteroatoms. The Morgan fingerprint density at radius 1 is 1.60 bits per heavy atom. The van der Waals surface area contributed by atoms with Gasteiger partial charge in [-0.25, -0.2) is 4.79 Å². The van der Waals surface area contributed by atoms with Crippen molar-refractivity contribution >= 4 is 5.97 Å². The quantitative estimate of drug-likeness (QED) is 0.762. The van der Waals surface area contributed by atoms with Gasteiger partial charge in [0.1, 0.15) is 0 Å². The van der Waals surface area contributed by atoms with Gasteiger partial charge in [0.25, 0.3) is 0 Å². The predicted molar refractivity (Wildman–Crippen MR) is 55.0 cm³/mol. The van der Waals surface area contributed by atoms with Crippen LogP contribution in [-0.4, -0.2) is 22.2 Å². The van der Waals surface area contributed by atoms with Gasteiger partial charge in [-0.15, -0.1) is 0 Å². The number of nitrogens with zero attached hydrogens (tertiary/aromatic N) is 1. The van der Waals surface area contributed by atoms with Crippen molar-refractivity contribution in [2.24, 2.45) is 0 Å². The van der Waals surface area contributed by atoms with Crippen LogP contribution in [0.2, 0.25) is 0 Å². The summed E-state index contributed by atoms with van der Waals surface area (Å²) in [6, 6.07) is 5.01. The van der Waals surface area contributed by atoms with E-state index in [-0.39, 0.29) is 6.10 Å². The van der Waals surface area contributed by atoms with Crippen LogP contribution < -0.4 is 0 Å². The van der Waals surface area contributed by atoms with Crippen LogP contribution in [0.25, 0.3) is 0 Å². The fourth-order valence-electron chi connectivity index (χ4n) is 1.00. The van der Waals surface area contributed by atoms with E-state index in [1.165, 1.54) is 6.20 Å². The molecule has 0 aromatic carbocycles. The van der Waals surface area contributed by atoms with Crippen LogP contribution in [0.5, 0.6) is 0 Å². The third kappa shape index (κ3) is 3.32. The number of carbonyl (C=O) groups is 1. The van der Waals surface area contributed by atoms with E-state index in [2.05, 4.69) is 4.98 Å². The first kappa shape index (κ1) is 11.7. The Morgan fingerprint density at radius 2 is 2.33 bits per heavy atom. The number of carbonyl (C=O) groups excluding carboxylic acids is 1. The van der Waals surface area contributed by atoms with Gasteiger partial charge in [-0.05, 0) is 25.5 Å². The van der Waals surface area contributed by atoms with E-state index in [1.807, 2.05) is 6.92 Å². The summed E-state index contributed by atoms with van der Waals surface area (Å²) in [6.45, 7) is 3.69. The molecule has 1 rings (SSSR count). The fourth-order valence-corrected chi connectivity index (χ4v) is 1.00. The normalized spacial score (nSPS) is 14.3. The number of hydrogen-bond donors (Lipinski definition) is 1. The monoisotopic (exact) mass is 209 g/mol. The average molecular weight is 209 g/mol. The number of rotatable bonds is 4. The van der Waals surface area contributed by atoms with E-state index in [0.29, 0.717) is 5.69 Å². The lowest BCUT2D eigenvalue weighted by molar-refractivity contribution is -0.159. The molecule has 0 saturated heterocycles. The van der Waals surface area contributed by atoms with Crippen molar-refractivity contribution in [3.05, 3.63) is 30.1 Å². The van der Waals surface area contributed by atoms with Crippen LogP contribution in [0, 0.1) is 0 Å².